The van der Waals surface area contributed by atoms with Crippen LogP contribution >= 0.6 is 0 Å². The maximum atomic E-state index is 11.6. The van der Waals surface area contributed by atoms with E-state index in [0.717, 1.165) is 17.7 Å². The van der Waals surface area contributed by atoms with E-state index in [1.807, 2.05) is 24.3 Å². The maximum absolute atomic E-state index is 11.6. The lowest BCUT2D eigenvalue weighted by Gasteiger charge is -2.26. The van der Waals surface area contributed by atoms with Gasteiger partial charge in [-0.1, -0.05) is 26.0 Å². The Balaban J connectivity index is 1.80. The molecule has 0 unspecified atom stereocenters. The minimum Gasteiger partial charge on any atom is -0.493 e. The topological polar surface area (TPSA) is 58.6 Å². The Morgan fingerprint density at radius 3 is 2.57 bits per heavy atom. The van der Waals surface area contributed by atoms with Gasteiger partial charge < -0.3 is 9.64 Å². The van der Waals surface area contributed by atoms with E-state index in [4.69, 9.17) is 4.74 Å². The number of hydrogen-bond acceptors (Lipinski definition) is 3. The number of benzene rings is 1. The van der Waals surface area contributed by atoms with Gasteiger partial charge in [0.25, 0.3) is 0 Å². The molecule has 114 valence electrons. The van der Waals surface area contributed by atoms with Crippen LogP contribution in [0.5, 0.6) is 5.75 Å². The molecule has 0 radical (unpaired) electrons. The molecule has 1 aliphatic heterocycles. The molecule has 1 aliphatic rings. The summed E-state index contributed by atoms with van der Waals surface area (Å²) in [5.41, 5.74) is 1.15. The lowest BCUT2D eigenvalue weighted by atomic mass is 10.1. The monoisotopic (exact) mass is 290 g/mol. The first-order valence-corrected chi connectivity index (χ1v) is 7.35. The molecule has 3 amide bonds. The van der Waals surface area contributed by atoms with Crippen LogP contribution in [0.3, 0.4) is 0 Å². The molecule has 2 rings (SSSR count). The summed E-state index contributed by atoms with van der Waals surface area (Å²) in [5.74, 6) is 1.18. The quantitative estimate of drug-likeness (QED) is 0.874. The molecule has 0 aromatic heterocycles. The van der Waals surface area contributed by atoms with Crippen molar-refractivity contribution in [3.63, 3.8) is 0 Å². The molecule has 1 N–H and O–H groups in total. The number of ether oxygens (including phenoxy) is 1. The zero-order valence-electron chi connectivity index (χ0n) is 12.6. The van der Waals surface area contributed by atoms with E-state index in [1.165, 1.54) is 0 Å². The van der Waals surface area contributed by atoms with Crippen molar-refractivity contribution in [2.45, 2.75) is 26.7 Å². The molecular formula is C16H22N2O3. The highest BCUT2D eigenvalue weighted by Gasteiger charge is 2.22. The Hall–Kier alpha value is -2.04. The van der Waals surface area contributed by atoms with E-state index < -0.39 is 0 Å². The number of rotatable bonds is 6. The molecule has 0 atom stereocenters. The summed E-state index contributed by atoms with van der Waals surface area (Å²) in [6, 6.07) is 7.66. The van der Waals surface area contributed by atoms with Crippen LogP contribution in [-0.2, 0) is 11.2 Å². The Labute approximate surface area is 125 Å². The molecule has 21 heavy (non-hydrogen) atoms. The van der Waals surface area contributed by atoms with Crippen molar-refractivity contribution in [3.8, 4) is 5.75 Å². The predicted molar refractivity (Wildman–Crippen MR) is 80.2 cm³/mol. The molecular weight excluding hydrogens is 268 g/mol. The fourth-order valence-corrected chi connectivity index (χ4v) is 2.09. The van der Waals surface area contributed by atoms with Crippen molar-refractivity contribution in [2.24, 2.45) is 5.92 Å². The number of urea groups is 1. The average Bonchev–Trinajstić information content (AvgIpc) is 2.45. The van der Waals surface area contributed by atoms with E-state index in [-0.39, 0.29) is 11.9 Å². The van der Waals surface area contributed by atoms with Crippen molar-refractivity contribution < 1.29 is 14.3 Å². The zero-order valence-corrected chi connectivity index (χ0v) is 12.6. The van der Waals surface area contributed by atoms with Gasteiger partial charge in [0, 0.05) is 19.5 Å². The first-order chi connectivity index (χ1) is 10.0. The van der Waals surface area contributed by atoms with Crippen molar-refractivity contribution in [2.75, 3.05) is 19.7 Å². The fourth-order valence-electron chi connectivity index (χ4n) is 2.09. The normalized spacial score (nSPS) is 15.3. The number of nitrogens with zero attached hydrogens (tertiary/aromatic N) is 1. The molecule has 0 bridgehead atoms. The third-order valence-electron chi connectivity index (χ3n) is 3.32. The number of carbonyl (C=O) groups is 2. The molecule has 0 aliphatic carbocycles. The molecule has 1 heterocycles. The van der Waals surface area contributed by atoms with Gasteiger partial charge in [-0.2, -0.15) is 0 Å². The van der Waals surface area contributed by atoms with Crippen LogP contribution in [0.15, 0.2) is 24.3 Å². The zero-order chi connectivity index (χ0) is 15.2. The molecule has 1 aromatic carbocycles. The van der Waals surface area contributed by atoms with Gasteiger partial charge >= 0.3 is 6.03 Å². The highest BCUT2D eigenvalue weighted by Crippen LogP contribution is 2.14. The van der Waals surface area contributed by atoms with E-state index in [2.05, 4.69) is 19.2 Å². The summed E-state index contributed by atoms with van der Waals surface area (Å²) in [6.45, 7) is 6.05. The van der Waals surface area contributed by atoms with Crippen LogP contribution in [-0.4, -0.2) is 36.5 Å². The maximum Gasteiger partial charge on any atom is 0.324 e. The number of imide groups is 1. The molecule has 1 fully saturated rings. The second-order valence-corrected chi connectivity index (χ2v) is 5.69. The minimum absolute atomic E-state index is 0.192. The van der Waals surface area contributed by atoms with Crippen LogP contribution in [0.2, 0.25) is 0 Å². The van der Waals surface area contributed by atoms with Gasteiger partial charge in [-0.3, -0.25) is 10.1 Å². The molecule has 1 saturated heterocycles. The second-order valence-electron chi connectivity index (χ2n) is 5.69. The highest BCUT2D eigenvalue weighted by molar-refractivity contribution is 5.96. The SMILES string of the molecule is CC(C)COc1ccc(CCN2CCC(=O)NC2=O)cc1. The van der Waals surface area contributed by atoms with Crippen molar-refractivity contribution in [1.82, 2.24) is 10.2 Å². The van der Waals surface area contributed by atoms with Crippen LogP contribution in [0, 0.1) is 5.92 Å². The van der Waals surface area contributed by atoms with Crippen molar-refractivity contribution in [1.29, 1.82) is 0 Å². The summed E-state index contributed by atoms with van der Waals surface area (Å²) < 4.78 is 5.63. The first kappa shape index (κ1) is 15.4. The van der Waals surface area contributed by atoms with E-state index in [9.17, 15) is 9.59 Å². The van der Waals surface area contributed by atoms with E-state index in [0.29, 0.717) is 32.0 Å². The summed E-state index contributed by atoms with van der Waals surface area (Å²) in [6.07, 6.45) is 1.15. The molecule has 0 saturated carbocycles. The van der Waals surface area contributed by atoms with Crippen LogP contribution < -0.4 is 10.1 Å². The Morgan fingerprint density at radius 2 is 1.95 bits per heavy atom. The Kier molecular flexibility index (Phi) is 5.20. The van der Waals surface area contributed by atoms with Crippen LogP contribution in [0.4, 0.5) is 4.79 Å². The number of carbonyl (C=O) groups excluding carboxylic acids is 2. The molecule has 1 aromatic rings. The number of amides is 3. The summed E-state index contributed by atoms with van der Waals surface area (Å²) in [7, 11) is 0. The van der Waals surface area contributed by atoms with Gasteiger partial charge in [0.15, 0.2) is 0 Å². The van der Waals surface area contributed by atoms with Crippen molar-refractivity contribution >= 4 is 11.9 Å². The minimum atomic E-state index is -0.289. The van der Waals surface area contributed by atoms with Gasteiger partial charge in [-0.15, -0.1) is 0 Å². The smallest absolute Gasteiger partial charge is 0.324 e. The molecule has 5 nitrogen and oxygen atoms in total. The lowest BCUT2D eigenvalue weighted by molar-refractivity contribution is -0.121. The fraction of sp³-hybridized carbons (Fsp3) is 0.500. The molecule has 0 spiro atoms. The predicted octanol–water partition coefficient (Wildman–Crippen LogP) is 2.21. The third-order valence-corrected chi connectivity index (χ3v) is 3.32. The van der Waals surface area contributed by atoms with Gasteiger partial charge in [0.2, 0.25) is 5.91 Å². The van der Waals surface area contributed by atoms with Crippen LogP contribution in [0.1, 0.15) is 25.8 Å². The van der Waals surface area contributed by atoms with Crippen molar-refractivity contribution in [3.05, 3.63) is 29.8 Å². The van der Waals surface area contributed by atoms with E-state index >= 15 is 0 Å². The number of hydrogen-bond donors (Lipinski definition) is 1. The Bertz CT molecular complexity index is 497. The van der Waals surface area contributed by atoms with Crippen LogP contribution in [0.25, 0.3) is 0 Å². The van der Waals surface area contributed by atoms with Gasteiger partial charge in [0.1, 0.15) is 5.75 Å². The standard InChI is InChI=1S/C16H22N2O3/c1-12(2)11-21-14-5-3-13(4-6-14)7-9-18-10-8-15(19)17-16(18)20/h3-6,12H,7-11H2,1-2H3,(H,17,19,20). The largest absolute Gasteiger partial charge is 0.493 e. The lowest BCUT2D eigenvalue weighted by Crippen LogP contribution is -2.49. The van der Waals surface area contributed by atoms with Gasteiger partial charge in [0.05, 0.1) is 6.61 Å². The highest BCUT2D eigenvalue weighted by atomic mass is 16.5. The average molecular weight is 290 g/mol. The summed E-state index contributed by atoms with van der Waals surface area (Å²) >= 11 is 0. The number of nitrogens with one attached hydrogen (secondary N) is 1. The van der Waals surface area contributed by atoms with Gasteiger partial charge in [-0.25, -0.2) is 4.79 Å². The first-order valence-electron chi connectivity index (χ1n) is 7.35. The summed E-state index contributed by atoms with van der Waals surface area (Å²) in [5, 5.41) is 2.33. The Morgan fingerprint density at radius 1 is 1.24 bits per heavy atom. The second kappa shape index (κ2) is 7.11. The van der Waals surface area contributed by atoms with E-state index in [1.54, 1.807) is 4.90 Å². The van der Waals surface area contributed by atoms with Gasteiger partial charge in [-0.05, 0) is 30.0 Å². The molecule has 5 heteroatoms. The third kappa shape index (κ3) is 4.77. The summed E-state index contributed by atoms with van der Waals surface area (Å²) in [4.78, 5) is 24.3.